The number of cyclic esters (lactones) is 1. The molecule has 0 aromatic carbocycles. The summed E-state index contributed by atoms with van der Waals surface area (Å²) in [6, 6.07) is 0. The topological polar surface area (TPSA) is 290 Å². The highest BCUT2D eigenvalue weighted by Gasteiger charge is 2.59. The van der Waals surface area contributed by atoms with Crippen LogP contribution in [0, 0.1) is 17.8 Å². The fourth-order valence-corrected chi connectivity index (χ4v) is 11.2. The molecule has 0 aromatic heterocycles. The summed E-state index contributed by atoms with van der Waals surface area (Å²) >= 11 is 0. The van der Waals surface area contributed by atoms with Crippen LogP contribution in [0.25, 0.3) is 0 Å². The van der Waals surface area contributed by atoms with E-state index in [0.717, 1.165) is 5.57 Å². The molecule has 0 unspecified atom stereocenters. The number of rotatable bonds is 14. The van der Waals surface area contributed by atoms with Crippen molar-refractivity contribution < 1.29 is 102 Å². The van der Waals surface area contributed by atoms with E-state index >= 15 is 0 Å². The third-order valence-corrected chi connectivity index (χ3v) is 16.1. The lowest BCUT2D eigenvalue weighted by Gasteiger charge is -2.52. The fourth-order valence-electron chi connectivity index (χ4n) is 11.2. The Morgan fingerprint density at radius 3 is 2.06 bits per heavy atom. The van der Waals surface area contributed by atoms with Gasteiger partial charge in [-0.15, -0.1) is 0 Å². The van der Waals surface area contributed by atoms with Gasteiger partial charge < -0.3 is 97.7 Å². The van der Waals surface area contributed by atoms with Gasteiger partial charge in [-0.25, -0.2) is 4.79 Å². The van der Waals surface area contributed by atoms with Gasteiger partial charge in [-0.3, -0.25) is 0 Å². The third-order valence-electron chi connectivity index (χ3n) is 16.1. The van der Waals surface area contributed by atoms with Gasteiger partial charge in [-0.05, 0) is 67.4 Å². The fraction of sp³-hybridized carbons (Fsp3) is 0.807. The summed E-state index contributed by atoms with van der Waals surface area (Å²) in [7, 11) is 5.78. The molecule has 21 nitrogen and oxygen atoms in total. The molecule has 5 heterocycles. The molecule has 0 saturated carbocycles. The van der Waals surface area contributed by atoms with Gasteiger partial charge in [-0.1, -0.05) is 68.4 Å². The van der Waals surface area contributed by atoms with Gasteiger partial charge in [-0.2, -0.15) is 0 Å². The van der Waals surface area contributed by atoms with Crippen LogP contribution in [0.2, 0.25) is 0 Å². The summed E-state index contributed by atoms with van der Waals surface area (Å²) in [4.78, 5) is 14.2. The Bertz CT molecular complexity index is 2030. The highest BCUT2D eigenvalue weighted by Crippen LogP contribution is 2.43. The van der Waals surface area contributed by atoms with Crippen LogP contribution in [0.3, 0.4) is 0 Å². The minimum atomic E-state index is -2.53. The molecule has 4 saturated heterocycles. The third kappa shape index (κ3) is 16.8. The number of hydrogen-bond acceptors (Lipinski definition) is 21. The number of esters is 1. The Labute approximate surface area is 461 Å². The van der Waals surface area contributed by atoms with Crippen LogP contribution >= 0.6 is 0 Å². The Morgan fingerprint density at radius 2 is 1.42 bits per heavy atom. The van der Waals surface area contributed by atoms with Gasteiger partial charge in [0.2, 0.25) is 5.79 Å². The summed E-state index contributed by atoms with van der Waals surface area (Å²) < 4.78 is 72.0. The molecule has 5 aliphatic rings. The van der Waals surface area contributed by atoms with Crippen molar-refractivity contribution in [2.45, 2.75) is 242 Å². The molecule has 25 atom stereocenters. The van der Waals surface area contributed by atoms with Crippen LogP contribution in [0.15, 0.2) is 59.3 Å². The van der Waals surface area contributed by atoms with Crippen molar-refractivity contribution in [3.05, 3.63) is 59.3 Å². The molecule has 4 fully saturated rings. The molecule has 5 rings (SSSR count). The lowest BCUT2D eigenvalue weighted by Crippen LogP contribution is -2.66. The molecule has 78 heavy (non-hydrogen) atoms. The Balaban J connectivity index is 1.39. The number of carbonyl (C=O) groups is 1. The Kier molecular flexibility index (Phi) is 25.1. The number of ether oxygens (including phenoxy) is 12. The van der Waals surface area contributed by atoms with Gasteiger partial charge in [0.15, 0.2) is 25.0 Å². The van der Waals surface area contributed by atoms with E-state index in [1.807, 2.05) is 38.2 Å². The molecule has 5 aliphatic heterocycles. The summed E-state index contributed by atoms with van der Waals surface area (Å²) in [5.41, 5.74) is 0.0698. The second-order valence-corrected chi connectivity index (χ2v) is 22.5. The summed E-state index contributed by atoms with van der Waals surface area (Å²) in [6.07, 6.45) is -6.89. The SMILES string of the molecule is COC[C@@H](C[C@H]1O[C@@](O)([C@H]2OC(=O)\C(C)=C/C(C)=C\C=C/[C@@H](C)[C@H](O[C@@H]3O[C@@H](C)[C@H](OC)[C@@H](O)[C@@H]3O)/C=C\C(C)=C/CC[C@H](O)[C@@H](OC)C[C@@H]2O)[C@H](C)[C@@H](O)[C@H]1C)O[C@H]1C[C@](C)(O)[C@@H](O[C@H]2C[C@@H](OC)[C@H](O)[C@@H](C)O2)[C@H](C)O1. The van der Waals surface area contributed by atoms with Gasteiger partial charge in [0, 0.05) is 77.4 Å². The molecule has 0 aliphatic carbocycles. The lowest BCUT2D eigenvalue weighted by molar-refractivity contribution is -0.366. The number of hydrogen-bond donors (Lipinski definition) is 8. The summed E-state index contributed by atoms with van der Waals surface area (Å²) in [5.74, 6) is -5.54. The molecule has 0 aromatic rings. The van der Waals surface area contributed by atoms with E-state index in [1.54, 1.807) is 59.8 Å². The maximum Gasteiger partial charge on any atom is 0.334 e. The number of aliphatic hydroxyl groups is 8. The van der Waals surface area contributed by atoms with E-state index in [0.29, 0.717) is 12.0 Å². The van der Waals surface area contributed by atoms with Crippen molar-refractivity contribution in [1.29, 1.82) is 0 Å². The molecule has 8 N–H and O–H groups in total. The van der Waals surface area contributed by atoms with Gasteiger partial charge in [0.1, 0.15) is 30.5 Å². The predicted octanol–water partition coefficient (Wildman–Crippen LogP) is 3.20. The predicted molar refractivity (Wildman–Crippen MR) is 283 cm³/mol. The number of allylic oxidation sites excluding steroid dienone is 7. The highest BCUT2D eigenvalue weighted by atomic mass is 16.7. The number of carbonyl (C=O) groups excluding carboxylic acids is 1. The monoisotopic (exact) mass is 1110 g/mol. The van der Waals surface area contributed by atoms with Crippen LogP contribution in [-0.2, 0) is 61.6 Å². The average molecular weight is 1120 g/mol. The van der Waals surface area contributed by atoms with Crippen LogP contribution < -0.4 is 0 Å². The van der Waals surface area contributed by atoms with Gasteiger partial charge >= 0.3 is 5.97 Å². The highest BCUT2D eigenvalue weighted by molar-refractivity contribution is 5.88. The molecule has 0 spiro atoms. The van der Waals surface area contributed by atoms with E-state index in [1.165, 1.54) is 42.3 Å². The average Bonchev–Trinajstić information content (AvgIpc) is 3.45. The molecular formula is C57H94O21. The molecule has 0 radical (unpaired) electrons. The normalized spacial score (nSPS) is 47.4. The van der Waals surface area contributed by atoms with Crippen molar-refractivity contribution in [1.82, 2.24) is 0 Å². The zero-order valence-corrected chi connectivity index (χ0v) is 48.2. The van der Waals surface area contributed by atoms with E-state index in [-0.39, 0.29) is 50.2 Å². The van der Waals surface area contributed by atoms with Crippen LogP contribution in [-0.4, -0.2) is 216 Å². The van der Waals surface area contributed by atoms with Crippen molar-refractivity contribution in [3.63, 3.8) is 0 Å². The maximum absolute atomic E-state index is 14.2. The smallest absolute Gasteiger partial charge is 0.334 e. The number of aliphatic hydroxyl groups excluding tert-OH is 6. The van der Waals surface area contributed by atoms with Crippen LogP contribution in [0.4, 0.5) is 0 Å². The molecule has 21 heteroatoms. The second kappa shape index (κ2) is 29.6. The lowest BCUT2D eigenvalue weighted by atomic mass is 9.76. The van der Waals surface area contributed by atoms with E-state index in [4.69, 9.17) is 56.8 Å². The first-order chi connectivity index (χ1) is 36.7. The van der Waals surface area contributed by atoms with E-state index < -0.39 is 152 Å². The minimum absolute atomic E-state index is 0.000159. The molecular weight excluding hydrogens is 1020 g/mol. The van der Waals surface area contributed by atoms with Crippen molar-refractivity contribution in [2.75, 3.05) is 35.0 Å². The van der Waals surface area contributed by atoms with Gasteiger partial charge in [0.05, 0.1) is 79.4 Å². The van der Waals surface area contributed by atoms with E-state index in [2.05, 4.69) is 0 Å². The zero-order chi connectivity index (χ0) is 58.0. The second-order valence-electron chi connectivity index (χ2n) is 22.5. The quantitative estimate of drug-likeness (QED) is 0.116. The molecule has 0 bridgehead atoms. The molecule has 0 amide bonds. The summed E-state index contributed by atoms with van der Waals surface area (Å²) in [5, 5.41) is 92.6. The first-order valence-corrected chi connectivity index (χ1v) is 27.5. The van der Waals surface area contributed by atoms with E-state index in [9.17, 15) is 45.6 Å². The Hall–Kier alpha value is -2.59. The maximum atomic E-state index is 14.2. The first kappa shape index (κ1) is 66.2. The van der Waals surface area contributed by atoms with Crippen LogP contribution in [0.5, 0.6) is 0 Å². The minimum Gasteiger partial charge on any atom is -0.450 e. The number of methoxy groups -OCH3 is 4. The first-order valence-electron chi connectivity index (χ1n) is 27.5. The molecule has 448 valence electrons. The van der Waals surface area contributed by atoms with Crippen LogP contribution in [0.1, 0.15) is 108 Å². The standard InChI is InChI=1S/C57H94O21/c1-29-17-16-20-39(58)43(68-12)25-40(59)53(77-54(64)32(4)23-30(2)18-15-19-31(3)41(22-21-29)75-55-50(63)49(62)51(70-14)36(8)73-55)57(66)34(6)47(60)33(5)42(78-57)24-38(28-67-11)74-46-27-56(10,65)52(37(9)72-46)76-45-26-44(69-13)48(61)35(7)71-45/h15,17-19,21-23,31,33-53,55,58-63,65-66H,16,20,24-28H2,1-14H3/b19-15-,22-21-,29-17-,30-18-,32-23-/t31-,33+,34-,35-,36+,37+,38-,39+,40+,41-,42-,43+,44-,45+,46+,47+,48-,49+,50+,51+,52+,53+,55+,56+,57-/m1/s1. The van der Waals surface area contributed by atoms with Gasteiger partial charge in [0.25, 0.3) is 0 Å². The van der Waals surface area contributed by atoms with Crippen molar-refractivity contribution in [3.8, 4) is 0 Å². The van der Waals surface area contributed by atoms with Crippen molar-refractivity contribution in [2.24, 2.45) is 17.8 Å². The Morgan fingerprint density at radius 1 is 0.744 bits per heavy atom. The van der Waals surface area contributed by atoms with Crippen molar-refractivity contribution >= 4 is 5.97 Å². The summed E-state index contributed by atoms with van der Waals surface area (Å²) in [6.45, 7) is 17.1. The largest absolute Gasteiger partial charge is 0.450 e. The zero-order valence-electron chi connectivity index (χ0n) is 48.2.